The van der Waals surface area contributed by atoms with Crippen molar-refractivity contribution in [3.8, 4) is 0 Å². The number of allylic oxidation sites excluding steroid dienone is 1. The van der Waals surface area contributed by atoms with E-state index in [1.807, 2.05) is 6.08 Å². The number of hydrogen-bond donors (Lipinski definition) is 0. The van der Waals surface area contributed by atoms with Crippen molar-refractivity contribution in [3.63, 3.8) is 0 Å². The molecule has 0 unspecified atom stereocenters. The second-order valence-electron chi connectivity index (χ2n) is 12.7. The lowest BCUT2D eigenvalue weighted by molar-refractivity contribution is -0.120. The van der Waals surface area contributed by atoms with Crippen molar-refractivity contribution in [2.45, 2.75) is 109 Å². The summed E-state index contributed by atoms with van der Waals surface area (Å²) in [6.45, 7) is 13.3. The van der Waals surface area contributed by atoms with Crippen LogP contribution >= 0.6 is 7.60 Å². The summed E-state index contributed by atoms with van der Waals surface area (Å²) in [6.07, 6.45) is 11.5. The molecule has 2 aliphatic rings. The number of hydrogen-bond acceptors (Lipinski definition) is 4. The Morgan fingerprint density at radius 2 is 1.20 bits per heavy atom. The summed E-state index contributed by atoms with van der Waals surface area (Å²) < 4.78 is 25.6. The first-order valence-electron chi connectivity index (χ1n) is 13.4. The zero-order valence-corrected chi connectivity index (χ0v) is 24.2. The largest absolute Gasteiger partial charge is 0.344 e. The Balaban J connectivity index is 2.13. The first kappa shape index (κ1) is 28.4. The number of ketones is 1. The minimum Gasteiger partial charge on any atom is -0.311 e. The van der Waals surface area contributed by atoms with E-state index in [1.165, 1.54) is 25.3 Å². The molecule has 196 valence electrons. The standard InChI is InChI=1S/C30H47O4P/c1-28(2,3)25-19-22(20-26(21-25)29(4,5)6)17-18-27(31)30(23-13-9-10-14-23,24-15-11-12-16-24)35(32,33-7)34-8/h17-21,23-24H,9-16H2,1-8H3/b18-17+. The predicted octanol–water partition coefficient (Wildman–Crippen LogP) is 8.47. The van der Waals surface area contributed by atoms with Gasteiger partial charge in [0.05, 0.1) is 0 Å². The molecule has 0 saturated heterocycles. The molecule has 0 spiro atoms. The quantitative estimate of drug-likeness (QED) is 0.264. The molecule has 0 amide bonds. The molecule has 0 aromatic heterocycles. The van der Waals surface area contributed by atoms with E-state index < -0.39 is 12.8 Å². The Bertz CT molecular complexity index is 911. The fraction of sp³-hybridized carbons (Fsp3) is 0.700. The molecular formula is C30H47O4P. The Morgan fingerprint density at radius 1 is 0.800 bits per heavy atom. The lowest BCUT2D eigenvalue weighted by Gasteiger charge is -2.44. The van der Waals surface area contributed by atoms with E-state index in [0.29, 0.717) is 0 Å². The summed E-state index contributed by atoms with van der Waals surface area (Å²) in [7, 11) is -0.778. The van der Waals surface area contributed by atoms with E-state index >= 15 is 0 Å². The van der Waals surface area contributed by atoms with Crippen molar-refractivity contribution in [1.29, 1.82) is 0 Å². The fourth-order valence-electron chi connectivity index (χ4n) is 6.35. The molecule has 0 atom stereocenters. The fourth-order valence-corrected chi connectivity index (χ4v) is 8.85. The molecule has 0 N–H and O–H groups in total. The van der Waals surface area contributed by atoms with Crippen LogP contribution in [0, 0.1) is 11.8 Å². The molecule has 0 bridgehead atoms. The highest BCUT2D eigenvalue weighted by Crippen LogP contribution is 2.69. The average molecular weight is 503 g/mol. The topological polar surface area (TPSA) is 52.6 Å². The minimum atomic E-state index is -3.67. The van der Waals surface area contributed by atoms with Crippen molar-refractivity contribution < 1.29 is 18.4 Å². The first-order valence-corrected chi connectivity index (χ1v) is 14.9. The van der Waals surface area contributed by atoms with E-state index in [2.05, 4.69) is 59.7 Å². The van der Waals surface area contributed by atoms with Crippen molar-refractivity contribution in [2.24, 2.45) is 11.8 Å². The highest BCUT2D eigenvalue weighted by Gasteiger charge is 2.64. The van der Waals surface area contributed by atoms with Gasteiger partial charge in [-0.2, -0.15) is 0 Å². The van der Waals surface area contributed by atoms with Crippen LogP contribution in [0.25, 0.3) is 6.08 Å². The van der Waals surface area contributed by atoms with Crippen LogP contribution in [-0.4, -0.2) is 25.2 Å². The minimum absolute atomic E-state index is 0.00683. The summed E-state index contributed by atoms with van der Waals surface area (Å²) >= 11 is 0. The van der Waals surface area contributed by atoms with Crippen molar-refractivity contribution in [2.75, 3.05) is 14.2 Å². The summed E-state index contributed by atoms with van der Waals surface area (Å²) in [6, 6.07) is 6.64. The summed E-state index contributed by atoms with van der Waals surface area (Å²) in [5.74, 6) is -0.0270. The summed E-state index contributed by atoms with van der Waals surface area (Å²) in [5, 5.41) is -1.10. The molecular weight excluding hydrogens is 455 g/mol. The molecule has 3 rings (SSSR count). The number of rotatable bonds is 8. The number of carbonyl (C=O) groups is 1. The van der Waals surface area contributed by atoms with Crippen molar-refractivity contribution >= 4 is 19.5 Å². The van der Waals surface area contributed by atoms with Gasteiger partial charge in [-0.15, -0.1) is 0 Å². The second-order valence-corrected chi connectivity index (χ2v) is 15.2. The number of carbonyl (C=O) groups excluding carboxylic acids is 1. The SMILES string of the molecule is COP(=O)(OC)C(C(=O)/C=C/c1cc(C(C)(C)C)cc(C(C)(C)C)c1)(C1CCCC1)C1CCCC1. The normalized spacial score (nSPS) is 19.2. The van der Waals surface area contributed by atoms with Gasteiger partial charge >= 0.3 is 7.60 Å². The lowest BCUT2D eigenvalue weighted by Crippen LogP contribution is -2.50. The third kappa shape index (κ3) is 5.55. The predicted molar refractivity (Wildman–Crippen MR) is 146 cm³/mol. The molecule has 2 aliphatic carbocycles. The van der Waals surface area contributed by atoms with Gasteiger partial charge in [-0.25, -0.2) is 0 Å². The van der Waals surface area contributed by atoms with Gasteiger partial charge in [-0.3, -0.25) is 9.36 Å². The van der Waals surface area contributed by atoms with Gasteiger partial charge in [0.1, 0.15) is 5.16 Å². The van der Waals surface area contributed by atoms with Crippen LogP contribution < -0.4 is 0 Å². The maximum atomic E-state index is 14.3. The van der Waals surface area contributed by atoms with Crippen LogP contribution in [0.2, 0.25) is 0 Å². The lowest BCUT2D eigenvalue weighted by atomic mass is 9.75. The Kier molecular flexibility index (Phi) is 8.62. The second kappa shape index (κ2) is 10.6. The van der Waals surface area contributed by atoms with Crippen molar-refractivity contribution in [3.05, 3.63) is 41.0 Å². The van der Waals surface area contributed by atoms with E-state index in [1.54, 1.807) is 6.08 Å². The smallest absolute Gasteiger partial charge is 0.311 e. The molecule has 35 heavy (non-hydrogen) atoms. The van der Waals surface area contributed by atoms with Gasteiger partial charge in [0.25, 0.3) is 0 Å². The molecule has 4 nitrogen and oxygen atoms in total. The average Bonchev–Trinajstić information content (AvgIpc) is 3.52. The molecule has 2 fully saturated rings. The molecule has 0 radical (unpaired) electrons. The highest BCUT2D eigenvalue weighted by molar-refractivity contribution is 7.57. The van der Waals surface area contributed by atoms with Gasteiger partial charge < -0.3 is 9.05 Å². The van der Waals surface area contributed by atoms with Crippen LogP contribution in [0.3, 0.4) is 0 Å². The Morgan fingerprint density at radius 3 is 1.54 bits per heavy atom. The van der Waals surface area contributed by atoms with Gasteiger partial charge in [0.2, 0.25) is 0 Å². The number of benzene rings is 1. The van der Waals surface area contributed by atoms with E-state index in [9.17, 15) is 9.36 Å². The van der Waals surface area contributed by atoms with Gasteiger partial charge in [0.15, 0.2) is 5.78 Å². The molecule has 2 saturated carbocycles. The first-order chi connectivity index (χ1) is 16.3. The third-order valence-corrected chi connectivity index (χ3v) is 11.2. The third-order valence-electron chi connectivity index (χ3n) is 8.40. The zero-order chi connectivity index (χ0) is 26.1. The van der Waals surface area contributed by atoms with Crippen LogP contribution in [-0.2, 0) is 29.2 Å². The monoisotopic (exact) mass is 502 g/mol. The summed E-state index contributed by atoms with van der Waals surface area (Å²) in [4.78, 5) is 14.3. The summed E-state index contributed by atoms with van der Waals surface area (Å²) in [5.41, 5.74) is 3.48. The molecule has 0 heterocycles. The molecule has 1 aromatic rings. The van der Waals surface area contributed by atoms with Crippen molar-refractivity contribution in [1.82, 2.24) is 0 Å². The van der Waals surface area contributed by atoms with Crippen LogP contribution in [0.5, 0.6) is 0 Å². The molecule has 0 aliphatic heterocycles. The van der Waals surface area contributed by atoms with Crippen LogP contribution in [0.15, 0.2) is 24.3 Å². The Labute approximate surface area is 213 Å². The molecule has 5 heteroatoms. The van der Waals surface area contributed by atoms with Gasteiger partial charge in [-0.05, 0) is 71.1 Å². The van der Waals surface area contributed by atoms with E-state index in [4.69, 9.17) is 9.05 Å². The maximum Gasteiger partial charge on any atom is 0.344 e. The molecule has 1 aromatic carbocycles. The maximum absolute atomic E-state index is 14.3. The van der Waals surface area contributed by atoms with Gasteiger partial charge in [-0.1, -0.05) is 91.5 Å². The van der Waals surface area contributed by atoms with E-state index in [0.717, 1.165) is 56.9 Å². The highest BCUT2D eigenvalue weighted by atomic mass is 31.2. The van der Waals surface area contributed by atoms with E-state index in [-0.39, 0.29) is 28.4 Å². The van der Waals surface area contributed by atoms with Gasteiger partial charge in [0, 0.05) is 14.2 Å². The van der Waals surface area contributed by atoms with Crippen LogP contribution in [0.1, 0.15) is 110 Å². The Hall–Kier alpha value is -1.22. The zero-order valence-electron chi connectivity index (χ0n) is 23.3. The van der Waals surface area contributed by atoms with Crippen LogP contribution in [0.4, 0.5) is 0 Å².